The van der Waals surface area contributed by atoms with E-state index in [2.05, 4.69) is 13.8 Å². The van der Waals surface area contributed by atoms with Crippen molar-refractivity contribution >= 4 is 0 Å². The third kappa shape index (κ3) is 2.46. The zero-order chi connectivity index (χ0) is 8.27. The third-order valence-corrected chi connectivity index (χ3v) is 2.50. The van der Waals surface area contributed by atoms with Crippen molar-refractivity contribution in [3.8, 4) is 0 Å². The highest BCUT2D eigenvalue weighted by Crippen LogP contribution is 2.21. The maximum atomic E-state index is 5.87. The van der Waals surface area contributed by atoms with Crippen LogP contribution in [0.2, 0.25) is 0 Å². The molecule has 0 aromatic carbocycles. The van der Waals surface area contributed by atoms with Crippen molar-refractivity contribution in [1.29, 1.82) is 0 Å². The van der Waals surface area contributed by atoms with Crippen molar-refractivity contribution in [2.24, 2.45) is 11.7 Å². The molecular weight excluding hydrogens is 138 g/mol. The van der Waals surface area contributed by atoms with E-state index in [1.165, 1.54) is 12.8 Å². The topological polar surface area (TPSA) is 35.2 Å². The van der Waals surface area contributed by atoms with E-state index < -0.39 is 0 Å². The predicted octanol–water partition coefficient (Wildman–Crippen LogP) is 1.54. The van der Waals surface area contributed by atoms with E-state index in [9.17, 15) is 0 Å². The zero-order valence-corrected chi connectivity index (χ0v) is 7.55. The summed E-state index contributed by atoms with van der Waals surface area (Å²) in [5, 5.41) is 0. The first kappa shape index (κ1) is 9.01. The van der Waals surface area contributed by atoms with Gasteiger partial charge in [-0.05, 0) is 25.7 Å². The summed E-state index contributed by atoms with van der Waals surface area (Å²) in [5.74, 6) is 0.714. The molecule has 1 aliphatic rings. The van der Waals surface area contributed by atoms with Crippen LogP contribution in [0, 0.1) is 5.92 Å². The van der Waals surface area contributed by atoms with Gasteiger partial charge in [-0.1, -0.05) is 13.3 Å². The lowest BCUT2D eigenvalue weighted by molar-refractivity contribution is -0.0210. The van der Waals surface area contributed by atoms with Crippen LogP contribution in [0.5, 0.6) is 0 Å². The highest BCUT2D eigenvalue weighted by Gasteiger charge is 2.24. The summed E-state index contributed by atoms with van der Waals surface area (Å²) in [6.07, 6.45) is 3.92. The fraction of sp³-hybridized carbons (Fsp3) is 1.00. The Bertz CT molecular complexity index is 116. The number of ether oxygens (including phenoxy) is 1. The second kappa shape index (κ2) is 4.07. The molecular formula is C9H19NO. The minimum atomic E-state index is 0.264. The Balaban J connectivity index is 2.28. The minimum absolute atomic E-state index is 0.264. The highest BCUT2D eigenvalue weighted by molar-refractivity contribution is 4.78. The van der Waals surface area contributed by atoms with E-state index in [-0.39, 0.29) is 12.1 Å². The molecule has 2 N–H and O–H groups in total. The minimum Gasteiger partial charge on any atom is -0.377 e. The van der Waals surface area contributed by atoms with Crippen LogP contribution in [-0.4, -0.2) is 18.8 Å². The molecule has 2 heteroatoms. The van der Waals surface area contributed by atoms with Crippen LogP contribution in [0.4, 0.5) is 0 Å². The quantitative estimate of drug-likeness (QED) is 0.660. The summed E-state index contributed by atoms with van der Waals surface area (Å²) >= 11 is 0. The van der Waals surface area contributed by atoms with Crippen molar-refractivity contribution in [3.05, 3.63) is 0 Å². The van der Waals surface area contributed by atoms with Crippen LogP contribution in [0.1, 0.15) is 33.1 Å². The van der Waals surface area contributed by atoms with Crippen LogP contribution in [0.25, 0.3) is 0 Å². The van der Waals surface area contributed by atoms with E-state index in [4.69, 9.17) is 10.5 Å². The maximum Gasteiger partial charge on any atom is 0.0698 e. The molecule has 0 aromatic rings. The summed E-state index contributed by atoms with van der Waals surface area (Å²) in [6.45, 7) is 5.19. The first-order chi connectivity index (χ1) is 5.24. The molecule has 1 heterocycles. The second-order valence-electron chi connectivity index (χ2n) is 3.59. The first-order valence-corrected chi connectivity index (χ1v) is 4.61. The van der Waals surface area contributed by atoms with Crippen molar-refractivity contribution in [2.75, 3.05) is 6.61 Å². The maximum absolute atomic E-state index is 5.87. The lowest BCUT2D eigenvalue weighted by Crippen LogP contribution is -2.42. The van der Waals surface area contributed by atoms with Gasteiger partial charge < -0.3 is 10.5 Å². The predicted molar refractivity (Wildman–Crippen MR) is 46.4 cm³/mol. The molecule has 11 heavy (non-hydrogen) atoms. The second-order valence-corrected chi connectivity index (χ2v) is 3.59. The van der Waals surface area contributed by atoms with Gasteiger partial charge in [0.1, 0.15) is 0 Å². The SMILES string of the molecule is CCCC1COC(C)C(N)C1. The summed E-state index contributed by atoms with van der Waals surface area (Å²) in [4.78, 5) is 0. The summed E-state index contributed by atoms with van der Waals surface area (Å²) in [7, 11) is 0. The standard InChI is InChI=1S/C9H19NO/c1-3-4-8-5-9(10)7(2)11-6-8/h7-9H,3-6,10H2,1-2H3. The largest absolute Gasteiger partial charge is 0.377 e. The van der Waals surface area contributed by atoms with E-state index in [0.29, 0.717) is 5.92 Å². The van der Waals surface area contributed by atoms with Gasteiger partial charge in [0, 0.05) is 12.6 Å². The monoisotopic (exact) mass is 157 g/mol. The van der Waals surface area contributed by atoms with E-state index in [1.807, 2.05) is 0 Å². The van der Waals surface area contributed by atoms with Gasteiger partial charge in [0.05, 0.1) is 6.10 Å². The average Bonchev–Trinajstić information content (AvgIpc) is 1.98. The molecule has 66 valence electrons. The number of rotatable bonds is 2. The van der Waals surface area contributed by atoms with Gasteiger partial charge >= 0.3 is 0 Å². The fourth-order valence-corrected chi connectivity index (χ4v) is 1.67. The van der Waals surface area contributed by atoms with E-state index in [0.717, 1.165) is 13.0 Å². The Hall–Kier alpha value is -0.0800. The van der Waals surface area contributed by atoms with Crippen LogP contribution in [0.3, 0.4) is 0 Å². The van der Waals surface area contributed by atoms with Gasteiger partial charge in [-0.3, -0.25) is 0 Å². The van der Waals surface area contributed by atoms with Gasteiger partial charge in [0.15, 0.2) is 0 Å². The van der Waals surface area contributed by atoms with Crippen molar-refractivity contribution in [2.45, 2.75) is 45.3 Å². The lowest BCUT2D eigenvalue weighted by atomic mass is 9.92. The average molecular weight is 157 g/mol. The Morgan fingerprint density at radius 3 is 2.82 bits per heavy atom. The molecule has 1 saturated heterocycles. The van der Waals surface area contributed by atoms with Gasteiger partial charge in [-0.15, -0.1) is 0 Å². The van der Waals surface area contributed by atoms with Crippen LogP contribution in [-0.2, 0) is 4.74 Å². The van der Waals surface area contributed by atoms with Gasteiger partial charge in [0.2, 0.25) is 0 Å². The highest BCUT2D eigenvalue weighted by atomic mass is 16.5. The van der Waals surface area contributed by atoms with Crippen molar-refractivity contribution in [3.63, 3.8) is 0 Å². The van der Waals surface area contributed by atoms with Crippen molar-refractivity contribution < 1.29 is 4.74 Å². The molecule has 0 spiro atoms. The molecule has 0 amide bonds. The molecule has 1 fully saturated rings. The summed E-state index contributed by atoms with van der Waals surface area (Å²) in [6, 6.07) is 0.264. The van der Waals surface area contributed by atoms with Crippen LogP contribution < -0.4 is 5.73 Å². The van der Waals surface area contributed by atoms with E-state index in [1.54, 1.807) is 0 Å². The number of nitrogens with two attached hydrogens (primary N) is 1. The molecule has 1 rings (SSSR count). The Labute approximate surface area is 69.1 Å². The van der Waals surface area contributed by atoms with E-state index >= 15 is 0 Å². The Morgan fingerprint density at radius 2 is 2.27 bits per heavy atom. The first-order valence-electron chi connectivity index (χ1n) is 4.61. The molecule has 0 aliphatic carbocycles. The van der Waals surface area contributed by atoms with Gasteiger partial charge in [0.25, 0.3) is 0 Å². The molecule has 3 atom stereocenters. The third-order valence-electron chi connectivity index (χ3n) is 2.50. The normalized spacial score (nSPS) is 39.0. The zero-order valence-electron chi connectivity index (χ0n) is 7.55. The Morgan fingerprint density at radius 1 is 1.55 bits per heavy atom. The van der Waals surface area contributed by atoms with Crippen LogP contribution in [0.15, 0.2) is 0 Å². The molecule has 0 bridgehead atoms. The smallest absolute Gasteiger partial charge is 0.0698 e. The molecule has 0 radical (unpaired) electrons. The summed E-state index contributed by atoms with van der Waals surface area (Å²) < 4.78 is 5.53. The lowest BCUT2D eigenvalue weighted by Gasteiger charge is -2.31. The summed E-state index contributed by atoms with van der Waals surface area (Å²) in [5.41, 5.74) is 5.87. The van der Waals surface area contributed by atoms with Crippen molar-refractivity contribution in [1.82, 2.24) is 0 Å². The molecule has 3 unspecified atom stereocenters. The molecule has 2 nitrogen and oxygen atoms in total. The number of hydrogen-bond donors (Lipinski definition) is 1. The molecule has 0 saturated carbocycles. The Kier molecular flexibility index (Phi) is 3.34. The van der Waals surface area contributed by atoms with Gasteiger partial charge in [-0.2, -0.15) is 0 Å². The van der Waals surface area contributed by atoms with Gasteiger partial charge in [-0.25, -0.2) is 0 Å². The molecule has 0 aromatic heterocycles. The number of hydrogen-bond acceptors (Lipinski definition) is 2. The fourth-order valence-electron chi connectivity index (χ4n) is 1.67. The van der Waals surface area contributed by atoms with Crippen LogP contribution >= 0.6 is 0 Å². The molecule has 1 aliphatic heterocycles.